The molecule has 0 aromatic carbocycles. The number of nitrogens with zero attached hydrogens (tertiary/aromatic N) is 6. The monoisotopic (exact) mass is 296 g/mol. The highest BCUT2D eigenvalue weighted by Gasteiger charge is 2.11. The topological polar surface area (TPSA) is 83.3 Å². The lowest BCUT2D eigenvalue weighted by Crippen LogP contribution is -2.43. The van der Waals surface area contributed by atoms with Gasteiger partial charge >= 0.3 is 0 Å². The van der Waals surface area contributed by atoms with Crippen LogP contribution in [-0.2, 0) is 0 Å². The lowest BCUT2D eigenvalue weighted by atomic mass is 10.3. The van der Waals surface area contributed by atoms with Gasteiger partial charge in [-0.1, -0.05) is 0 Å². The van der Waals surface area contributed by atoms with Gasteiger partial charge in [-0.2, -0.15) is 5.10 Å². The van der Waals surface area contributed by atoms with E-state index in [-0.39, 0.29) is 0 Å². The van der Waals surface area contributed by atoms with E-state index in [0.717, 1.165) is 37.7 Å². The summed E-state index contributed by atoms with van der Waals surface area (Å²) in [5, 5.41) is 10.7. The number of piperazine rings is 1. The average molecular weight is 296 g/mol. The highest BCUT2D eigenvalue weighted by Crippen LogP contribution is 2.19. The van der Waals surface area contributed by atoms with Gasteiger partial charge in [-0.05, 0) is 12.1 Å². The fraction of sp³-hybridized carbons (Fsp3) is 0.286. The molecule has 1 aliphatic heterocycles. The van der Waals surface area contributed by atoms with Crippen LogP contribution in [-0.4, -0.2) is 50.7 Å². The van der Waals surface area contributed by atoms with Crippen molar-refractivity contribution >= 4 is 23.0 Å². The van der Waals surface area contributed by atoms with E-state index in [1.807, 2.05) is 18.3 Å². The summed E-state index contributed by atoms with van der Waals surface area (Å²) in [5.41, 5.74) is 1.57. The van der Waals surface area contributed by atoms with Crippen molar-refractivity contribution in [1.82, 2.24) is 29.9 Å². The third-order valence-electron chi connectivity index (χ3n) is 3.65. The van der Waals surface area contributed by atoms with Crippen LogP contribution < -0.4 is 15.5 Å². The number of rotatable bonds is 3. The molecule has 1 aliphatic rings. The second-order valence-electron chi connectivity index (χ2n) is 5.07. The summed E-state index contributed by atoms with van der Waals surface area (Å²) in [4.78, 5) is 15.3. The maximum absolute atomic E-state index is 4.53. The number of nitrogens with one attached hydrogen (secondary N) is 2. The van der Waals surface area contributed by atoms with Gasteiger partial charge < -0.3 is 15.5 Å². The molecule has 3 aromatic rings. The van der Waals surface area contributed by atoms with E-state index in [2.05, 4.69) is 35.6 Å². The molecule has 3 aromatic heterocycles. The molecule has 0 bridgehead atoms. The summed E-state index contributed by atoms with van der Waals surface area (Å²) in [5.74, 6) is 1.66. The van der Waals surface area contributed by atoms with E-state index >= 15 is 0 Å². The van der Waals surface area contributed by atoms with Crippen molar-refractivity contribution in [1.29, 1.82) is 0 Å². The average Bonchev–Trinajstić information content (AvgIpc) is 3.06. The number of anilines is 3. The number of hydrogen-bond donors (Lipinski definition) is 2. The van der Waals surface area contributed by atoms with Crippen LogP contribution >= 0.6 is 0 Å². The molecule has 8 heteroatoms. The van der Waals surface area contributed by atoms with Crippen molar-refractivity contribution in [3.63, 3.8) is 0 Å². The van der Waals surface area contributed by atoms with Crippen LogP contribution in [0.3, 0.4) is 0 Å². The Bertz CT molecular complexity index is 760. The summed E-state index contributed by atoms with van der Waals surface area (Å²) < 4.78 is 1.68. The SMILES string of the molecule is c1cn2ncnc2c(Nc2ccc(N3CCNCC3)nc2)n1. The van der Waals surface area contributed by atoms with E-state index in [0.29, 0.717) is 11.5 Å². The third kappa shape index (κ3) is 2.44. The Morgan fingerprint density at radius 2 is 2.00 bits per heavy atom. The van der Waals surface area contributed by atoms with Gasteiger partial charge in [0.15, 0.2) is 11.5 Å². The largest absolute Gasteiger partial charge is 0.354 e. The second kappa shape index (κ2) is 5.57. The molecular weight excluding hydrogens is 280 g/mol. The molecule has 8 nitrogen and oxygen atoms in total. The molecule has 112 valence electrons. The van der Waals surface area contributed by atoms with E-state index in [4.69, 9.17) is 0 Å². The van der Waals surface area contributed by atoms with Gasteiger partial charge in [-0.25, -0.2) is 19.5 Å². The summed E-state index contributed by atoms with van der Waals surface area (Å²) in [6.45, 7) is 3.97. The third-order valence-corrected chi connectivity index (χ3v) is 3.65. The fourth-order valence-electron chi connectivity index (χ4n) is 2.52. The maximum Gasteiger partial charge on any atom is 0.198 e. The Morgan fingerprint density at radius 3 is 2.82 bits per heavy atom. The van der Waals surface area contributed by atoms with Crippen LogP contribution in [0.4, 0.5) is 17.3 Å². The zero-order valence-electron chi connectivity index (χ0n) is 12.0. The van der Waals surface area contributed by atoms with E-state index in [1.165, 1.54) is 6.33 Å². The van der Waals surface area contributed by atoms with Gasteiger partial charge in [0.05, 0.1) is 11.9 Å². The Labute approximate surface area is 127 Å². The first kappa shape index (κ1) is 13.0. The Balaban J connectivity index is 1.54. The minimum atomic E-state index is 0.664. The van der Waals surface area contributed by atoms with Crippen LogP contribution in [0.2, 0.25) is 0 Å². The lowest BCUT2D eigenvalue weighted by Gasteiger charge is -2.28. The predicted molar refractivity (Wildman–Crippen MR) is 83.4 cm³/mol. The molecule has 0 spiro atoms. The number of hydrogen-bond acceptors (Lipinski definition) is 7. The van der Waals surface area contributed by atoms with Crippen LogP contribution in [0.15, 0.2) is 37.1 Å². The van der Waals surface area contributed by atoms with Crippen molar-refractivity contribution in [3.05, 3.63) is 37.1 Å². The van der Waals surface area contributed by atoms with Gasteiger partial charge in [-0.3, -0.25) is 0 Å². The molecule has 0 saturated carbocycles. The van der Waals surface area contributed by atoms with Gasteiger partial charge in [0.1, 0.15) is 12.1 Å². The molecule has 1 fully saturated rings. The molecule has 4 rings (SSSR count). The van der Waals surface area contributed by atoms with Gasteiger partial charge in [0, 0.05) is 38.6 Å². The summed E-state index contributed by atoms with van der Waals surface area (Å²) in [6, 6.07) is 4.03. The predicted octanol–water partition coefficient (Wildman–Crippen LogP) is 0.672. The Morgan fingerprint density at radius 1 is 1.09 bits per heavy atom. The number of pyridine rings is 1. The smallest absolute Gasteiger partial charge is 0.198 e. The zero-order valence-corrected chi connectivity index (χ0v) is 12.0. The van der Waals surface area contributed by atoms with Crippen molar-refractivity contribution in [2.24, 2.45) is 0 Å². The van der Waals surface area contributed by atoms with Crippen molar-refractivity contribution in [2.75, 3.05) is 36.4 Å². The quantitative estimate of drug-likeness (QED) is 0.735. The standard InChI is InChI=1S/C14H16N8/c1-2-12(21-6-3-15-4-7-21)17-9-11(1)20-13-14-18-10-19-22(14)8-5-16-13/h1-2,5,8-10,15H,3-4,6-7H2,(H,16,20). The highest BCUT2D eigenvalue weighted by atomic mass is 15.3. The van der Waals surface area contributed by atoms with Crippen molar-refractivity contribution in [2.45, 2.75) is 0 Å². The molecule has 2 N–H and O–H groups in total. The number of fused-ring (bicyclic) bond motifs is 1. The molecular formula is C14H16N8. The van der Waals surface area contributed by atoms with E-state index in [1.54, 1.807) is 16.9 Å². The lowest BCUT2D eigenvalue weighted by molar-refractivity contribution is 0.585. The molecule has 22 heavy (non-hydrogen) atoms. The van der Waals surface area contributed by atoms with Gasteiger partial charge in [0.25, 0.3) is 0 Å². The van der Waals surface area contributed by atoms with Crippen LogP contribution in [0.1, 0.15) is 0 Å². The zero-order chi connectivity index (χ0) is 14.8. The minimum absolute atomic E-state index is 0.664. The molecule has 4 heterocycles. The summed E-state index contributed by atoms with van der Waals surface area (Å²) >= 11 is 0. The molecule has 0 radical (unpaired) electrons. The molecule has 1 saturated heterocycles. The molecule has 0 amide bonds. The normalized spacial score (nSPS) is 15.2. The number of aromatic nitrogens is 5. The molecule has 0 atom stereocenters. The first-order valence-electron chi connectivity index (χ1n) is 7.23. The first-order valence-corrected chi connectivity index (χ1v) is 7.23. The van der Waals surface area contributed by atoms with Gasteiger partial charge in [0.2, 0.25) is 0 Å². The fourth-order valence-corrected chi connectivity index (χ4v) is 2.52. The highest BCUT2D eigenvalue weighted by molar-refractivity contribution is 5.69. The van der Waals surface area contributed by atoms with Crippen LogP contribution in [0, 0.1) is 0 Å². The second-order valence-corrected chi connectivity index (χ2v) is 5.07. The van der Waals surface area contributed by atoms with E-state index in [9.17, 15) is 0 Å². The summed E-state index contributed by atoms with van der Waals surface area (Å²) in [7, 11) is 0. The van der Waals surface area contributed by atoms with Crippen molar-refractivity contribution < 1.29 is 0 Å². The van der Waals surface area contributed by atoms with Crippen molar-refractivity contribution in [3.8, 4) is 0 Å². The summed E-state index contributed by atoms with van der Waals surface area (Å²) in [6.07, 6.45) is 6.78. The van der Waals surface area contributed by atoms with E-state index < -0.39 is 0 Å². The Hall–Kier alpha value is -2.74. The maximum atomic E-state index is 4.53. The Kier molecular flexibility index (Phi) is 3.28. The van der Waals surface area contributed by atoms with Crippen LogP contribution in [0.25, 0.3) is 5.65 Å². The molecule has 0 aliphatic carbocycles. The van der Waals surface area contributed by atoms with Crippen LogP contribution in [0.5, 0.6) is 0 Å². The van der Waals surface area contributed by atoms with Gasteiger partial charge in [-0.15, -0.1) is 0 Å². The first-order chi connectivity index (χ1) is 10.9. The molecule has 0 unspecified atom stereocenters. The minimum Gasteiger partial charge on any atom is -0.354 e.